The average molecular weight is 287 g/mol. The number of alkyl halides is 6. The van der Waals surface area contributed by atoms with Crippen molar-refractivity contribution in [3.63, 3.8) is 0 Å². The molecule has 0 fully saturated rings. The van der Waals surface area contributed by atoms with Gasteiger partial charge in [-0.3, -0.25) is 0 Å². The fourth-order valence-electron chi connectivity index (χ4n) is 1.65. The van der Waals surface area contributed by atoms with Gasteiger partial charge in [0.2, 0.25) is 0 Å². The molecule has 0 heterocycles. The lowest BCUT2D eigenvalue weighted by atomic mass is 9.92. The minimum Gasteiger partial charge on any atom is -0.399 e. The minimum atomic E-state index is -5.83. The molecule has 8 heteroatoms. The SMILES string of the molecule is Cc1cc(N)cc(CC(O)(C(F)(F)F)C(F)(F)F)c1. The number of aliphatic hydroxyl groups is 1. The van der Waals surface area contributed by atoms with Crippen LogP contribution in [0.15, 0.2) is 18.2 Å². The molecule has 0 atom stereocenters. The first-order chi connectivity index (χ1) is 8.37. The lowest BCUT2D eigenvalue weighted by Crippen LogP contribution is -2.58. The number of halogens is 6. The van der Waals surface area contributed by atoms with Crippen molar-refractivity contribution in [1.29, 1.82) is 0 Å². The zero-order valence-corrected chi connectivity index (χ0v) is 9.73. The molecule has 0 aromatic heterocycles. The summed E-state index contributed by atoms with van der Waals surface area (Å²) >= 11 is 0. The number of anilines is 1. The smallest absolute Gasteiger partial charge is 0.399 e. The summed E-state index contributed by atoms with van der Waals surface area (Å²) in [6.07, 6.45) is -13.3. The maximum Gasteiger partial charge on any atom is 0.426 e. The molecule has 0 radical (unpaired) electrons. The lowest BCUT2D eigenvalue weighted by molar-refractivity contribution is -0.367. The van der Waals surface area contributed by atoms with Gasteiger partial charge < -0.3 is 10.8 Å². The molecule has 0 amide bonds. The maximum absolute atomic E-state index is 12.5. The summed E-state index contributed by atoms with van der Waals surface area (Å²) in [4.78, 5) is 0. The average Bonchev–Trinajstić information content (AvgIpc) is 2.11. The van der Waals surface area contributed by atoms with E-state index in [4.69, 9.17) is 10.8 Å². The molecule has 0 unspecified atom stereocenters. The largest absolute Gasteiger partial charge is 0.426 e. The highest BCUT2D eigenvalue weighted by molar-refractivity contribution is 5.44. The molecular weight excluding hydrogens is 276 g/mol. The number of aryl methyl sites for hydroxylation is 1. The summed E-state index contributed by atoms with van der Waals surface area (Å²) in [6.45, 7) is 1.47. The summed E-state index contributed by atoms with van der Waals surface area (Å²) in [5, 5.41) is 9.03. The second kappa shape index (κ2) is 4.59. The highest BCUT2D eigenvalue weighted by atomic mass is 19.4. The normalized spacial score (nSPS) is 13.7. The molecule has 0 saturated heterocycles. The van der Waals surface area contributed by atoms with Crippen molar-refractivity contribution < 1.29 is 31.4 Å². The standard InChI is InChI=1S/C11H11F6NO/c1-6-2-7(4-8(18)3-6)5-9(19,10(12,13)14)11(15,16)17/h2-4,19H,5,18H2,1H3. The third-order valence-corrected chi connectivity index (χ3v) is 2.56. The van der Waals surface area contributed by atoms with Gasteiger partial charge in [-0.05, 0) is 30.2 Å². The summed E-state index contributed by atoms with van der Waals surface area (Å²) in [5.74, 6) is 0. The summed E-state index contributed by atoms with van der Waals surface area (Å²) in [5.41, 5.74) is 0.656. The minimum absolute atomic E-state index is 0.0294. The quantitative estimate of drug-likeness (QED) is 0.649. The van der Waals surface area contributed by atoms with Gasteiger partial charge >= 0.3 is 12.4 Å². The van der Waals surface area contributed by atoms with E-state index < -0.39 is 24.4 Å². The molecule has 0 aliphatic carbocycles. The fourth-order valence-corrected chi connectivity index (χ4v) is 1.65. The molecule has 108 valence electrons. The Morgan fingerprint density at radius 1 is 1.00 bits per heavy atom. The highest BCUT2D eigenvalue weighted by Crippen LogP contribution is 2.45. The van der Waals surface area contributed by atoms with Crippen LogP contribution < -0.4 is 5.73 Å². The molecule has 2 nitrogen and oxygen atoms in total. The molecule has 0 bridgehead atoms. The van der Waals surface area contributed by atoms with Crippen LogP contribution in [-0.4, -0.2) is 23.1 Å². The van der Waals surface area contributed by atoms with E-state index in [1.54, 1.807) is 0 Å². The van der Waals surface area contributed by atoms with Crippen LogP contribution in [0.25, 0.3) is 0 Å². The van der Waals surface area contributed by atoms with E-state index in [0.717, 1.165) is 12.1 Å². The number of nitrogens with two attached hydrogens (primary N) is 1. The van der Waals surface area contributed by atoms with Crippen molar-refractivity contribution in [2.24, 2.45) is 0 Å². The van der Waals surface area contributed by atoms with Gasteiger partial charge in [-0.2, -0.15) is 26.3 Å². The number of hydrogen-bond acceptors (Lipinski definition) is 2. The summed E-state index contributed by atoms with van der Waals surface area (Å²) in [7, 11) is 0. The molecule has 19 heavy (non-hydrogen) atoms. The molecule has 0 spiro atoms. The second-order valence-electron chi connectivity index (χ2n) is 4.28. The van der Waals surface area contributed by atoms with Crippen molar-refractivity contribution >= 4 is 5.69 Å². The van der Waals surface area contributed by atoms with Crippen LogP contribution in [0.5, 0.6) is 0 Å². The van der Waals surface area contributed by atoms with Crippen LogP contribution in [0.4, 0.5) is 32.0 Å². The van der Waals surface area contributed by atoms with Gasteiger partial charge in [-0.1, -0.05) is 6.07 Å². The molecular formula is C11H11F6NO. The maximum atomic E-state index is 12.5. The topological polar surface area (TPSA) is 46.2 Å². The van der Waals surface area contributed by atoms with Crippen molar-refractivity contribution in [1.82, 2.24) is 0 Å². The van der Waals surface area contributed by atoms with E-state index in [1.807, 2.05) is 0 Å². The Labute approximate surface area is 104 Å². The number of rotatable bonds is 2. The Bertz CT molecular complexity index is 431. The fraction of sp³-hybridized carbons (Fsp3) is 0.455. The first-order valence-electron chi connectivity index (χ1n) is 5.09. The van der Waals surface area contributed by atoms with Crippen molar-refractivity contribution in [2.75, 3.05) is 5.73 Å². The van der Waals surface area contributed by atoms with Crippen molar-refractivity contribution in [3.8, 4) is 0 Å². The third-order valence-electron chi connectivity index (χ3n) is 2.56. The van der Waals surface area contributed by atoms with Crippen LogP contribution in [0.3, 0.4) is 0 Å². The van der Waals surface area contributed by atoms with E-state index in [2.05, 4.69) is 0 Å². The summed E-state index contributed by atoms with van der Waals surface area (Å²) in [6, 6.07) is 3.47. The first-order valence-corrected chi connectivity index (χ1v) is 5.09. The van der Waals surface area contributed by atoms with Gasteiger partial charge in [-0.15, -0.1) is 0 Å². The predicted molar refractivity (Wildman–Crippen MR) is 56.4 cm³/mol. The zero-order valence-electron chi connectivity index (χ0n) is 9.73. The summed E-state index contributed by atoms with van der Waals surface area (Å²) < 4.78 is 74.9. The Morgan fingerprint density at radius 2 is 1.47 bits per heavy atom. The second-order valence-corrected chi connectivity index (χ2v) is 4.28. The third kappa shape index (κ3) is 3.12. The van der Waals surface area contributed by atoms with Crippen molar-refractivity contribution in [3.05, 3.63) is 29.3 Å². The van der Waals surface area contributed by atoms with Crippen LogP contribution in [0, 0.1) is 6.92 Å². The number of benzene rings is 1. The van der Waals surface area contributed by atoms with E-state index in [9.17, 15) is 26.3 Å². The van der Waals surface area contributed by atoms with Crippen LogP contribution in [0.1, 0.15) is 11.1 Å². The van der Waals surface area contributed by atoms with Gasteiger partial charge in [-0.25, -0.2) is 0 Å². The van der Waals surface area contributed by atoms with E-state index in [1.165, 1.54) is 13.0 Å². The first kappa shape index (κ1) is 15.6. The van der Waals surface area contributed by atoms with E-state index >= 15 is 0 Å². The Kier molecular flexibility index (Phi) is 3.77. The number of nitrogen functional groups attached to an aromatic ring is 1. The van der Waals surface area contributed by atoms with E-state index in [0.29, 0.717) is 5.56 Å². The molecule has 0 saturated carbocycles. The highest BCUT2D eigenvalue weighted by Gasteiger charge is 2.70. The Hall–Kier alpha value is -1.44. The number of hydrogen-bond donors (Lipinski definition) is 2. The van der Waals surface area contributed by atoms with E-state index in [-0.39, 0.29) is 11.3 Å². The van der Waals surface area contributed by atoms with Gasteiger partial charge in [0.1, 0.15) is 0 Å². The van der Waals surface area contributed by atoms with Crippen LogP contribution in [-0.2, 0) is 6.42 Å². The van der Waals surface area contributed by atoms with Crippen LogP contribution in [0.2, 0.25) is 0 Å². The molecule has 0 aliphatic rings. The van der Waals surface area contributed by atoms with Gasteiger partial charge in [0.15, 0.2) is 0 Å². The molecule has 3 N–H and O–H groups in total. The molecule has 1 aromatic carbocycles. The molecule has 0 aliphatic heterocycles. The van der Waals surface area contributed by atoms with Gasteiger partial charge in [0, 0.05) is 12.1 Å². The molecule has 1 aromatic rings. The zero-order chi connectivity index (χ0) is 15.1. The van der Waals surface area contributed by atoms with Crippen molar-refractivity contribution in [2.45, 2.75) is 31.3 Å². The van der Waals surface area contributed by atoms with Gasteiger partial charge in [0.05, 0.1) is 0 Å². The lowest BCUT2D eigenvalue weighted by Gasteiger charge is -2.32. The van der Waals surface area contributed by atoms with Gasteiger partial charge in [0.25, 0.3) is 5.60 Å². The Balaban J connectivity index is 3.23. The monoisotopic (exact) mass is 287 g/mol. The Morgan fingerprint density at radius 3 is 1.84 bits per heavy atom. The van der Waals surface area contributed by atoms with Crippen LogP contribution >= 0.6 is 0 Å². The predicted octanol–water partition coefficient (Wildman–Crippen LogP) is 2.98. The molecule has 1 rings (SSSR count).